The molecule has 1 aliphatic carbocycles. The predicted octanol–water partition coefficient (Wildman–Crippen LogP) is 2.22. The van der Waals surface area contributed by atoms with E-state index < -0.39 is 5.97 Å². The first-order valence-corrected chi connectivity index (χ1v) is 7.91. The van der Waals surface area contributed by atoms with Crippen molar-refractivity contribution in [1.82, 2.24) is 4.90 Å². The maximum absolute atomic E-state index is 12.6. The van der Waals surface area contributed by atoms with Crippen LogP contribution in [0.2, 0.25) is 0 Å². The summed E-state index contributed by atoms with van der Waals surface area (Å²) in [6.45, 7) is 0.303. The summed E-state index contributed by atoms with van der Waals surface area (Å²) in [7, 11) is 0. The SMILES string of the molecule is O=C(O)C=Cc1cc(C(=O)N(CCO)C2CCCC2)cs1. The maximum Gasteiger partial charge on any atom is 0.328 e. The summed E-state index contributed by atoms with van der Waals surface area (Å²) < 4.78 is 0. The van der Waals surface area contributed by atoms with Gasteiger partial charge in [0, 0.05) is 28.9 Å². The minimum Gasteiger partial charge on any atom is -0.478 e. The monoisotopic (exact) mass is 309 g/mol. The Hall–Kier alpha value is -1.66. The minimum atomic E-state index is -1.01. The number of hydrogen-bond donors (Lipinski definition) is 2. The van der Waals surface area contributed by atoms with Crippen LogP contribution in [0.15, 0.2) is 17.5 Å². The molecule has 0 saturated heterocycles. The fourth-order valence-electron chi connectivity index (χ4n) is 2.65. The van der Waals surface area contributed by atoms with Crippen LogP contribution in [0, 0.1) is 0 Å². The maximum atomic E-state index is 12.6. The van der Waals surface area contributed by atoms with Crippen LogP contribution in [0.3, 0.4) is 0 Å². The van der Waals surface area contributed by atoms with Crippen LogP contribution in [0.25, 0.3) is 6.08 Å². The zero-order valence-electron chi connectivity index (χ0n) is 11.7. The molecule has 1 heterocycles. The van der Waals surface area contributed by atoms with E-state index in [9.17, 15) is 14.7 Å². The van der Waals surface area contributed by atoms with Gasteiger partial charge in [-0.15, -0.1) is 11.3 Å². The molecule has 0 aliphatic heterocycles. The largest absolute Gasteiger partial charge is 0.478 e. The van der Waals surface area contributed by atoms with Crippen molar-refractivity contribution in [3.05, 3.63) is 28.0 Å². The van der Waals surface area contributed by atoms with Crippen molar-refractivity contribution in [2.45, 2.75) is 31.7 Å². The third-order valence-corrected chi connectivity index (χ3v) is 4.52. The number of carboxylic acid groups (broad SMARTS) is 1. The molecule has 1 aromatic heterocycles. The Morgan fingerprint density at radius 3 is 2.71 bits per heavy atom. The van der Waals surface area contributed by atoms with Gasteiger partial charge in [-0.3, -0.25) is 4.79 Å². The van der Waals surface area contributed by atoms with Crippen LogP contribution in [0.1, 0.15) is 40.9 Å². The highest BCUT2D eigenvalue weighted by Gasteiger charge is 2.27. The van der Waals surface area contributed by atoms with E-state index in [-0.39, 0.29) is 18.6 Å². The second-order valence-electron chi connectivity index (χ2n) is 5.07. The molecular weight excluding hydrogens is 290 g/mol. The predicted molar refractivity (Wildman–Crippen MR) is 81.4 cm³/mol. The van der Waals surface area contributed by atoms with Crippen LogP contribution < -0.4 is 0 Å². The van der Waals surface area contributed by atoms with Gasteiger partial charge in [-0.25, -0.2) is 4.79 Å². The number of rotatable bonds is 6. The number of thiophene rings is 1. The van der Waals surface area contributed by atoms with Crippen molar-refractivity contribution in [2.75, 3.05) is 13.2 Å². The minimum absolute atomic E-state index is 0.0435. The molecular formula is C15H19NO4S. The lowest BCUT2D eigenvalue weighted by molar-refractivity contribution is -0.131. The molecule has 1 fully saturated rings. The van der Waals surface area contributed by atoms with Gasteiger partial charge in [0.1, 0.15) is 0 Å². The van der Waals surface area contributed by atoms with E-state index in [4.69, 9.17) is 5.11 Å². The standard InChI is InChI=1S/C15H19NO4S/c17-8-7-16(12-3-1-2-4-12)15(20)11-9-13(21-10-11)5-6-14(18)19/h5-6,9-10,12,17H,1-4,7-8H2,(H,18,19). The average Bonchev–Trinajstić information content (AvgIpc) is 3.12. The van der Waals surface area contributed by atoms with Gasteiger partial charge in [0.25, 0.3) is 5.91 Å². The molecule has 0 atom stereocenters. The first-order valence-electron chi connectivity index (χ1n) is 7.03. The summed E-state index contributed by atoms with van der Waals surface area (Å²) >= 11 is 1.34. The molecule has 0 radical (unpaired) electrons. The molecule has 1 aromatic rings. The zero-order chi connectivity index (χ0) is 15.2. The van der Waals surface area contributed by atoms with E-state index in [1.54, 1.807) is 16.3 Å². The molecule has 2 rings (SSSR count). The first-order chi connectivity index (χ1) is 10.1. The lowest BCUT2D eigenvalue weighted by atomic mass is 10.1. The van der Waals surface area contributed by atoms with E-state index in [0.29, 0.717) is 12.1 Å². The molecule has 5 nitrogen and oxygen atoms in total. The summed E-state index contributed by atoms with van der Waals surface area (Å²) in [4.78, 5) is 25.5. The fourth-order valence-corrected chi connectivity index (χ4v) is 3.42. The number of aliphatic hydroxyl groups is 1. The Balaban J connectivity index is 2.11. The number of carbonyl (C=O) groups is 2. The van der Waals surface area contributed by atoms with Crippen molar-refractivity contribution < 1.29 is 19.8 Å². The molecule has 0 aromatic carbocycles. The number of aliphatic carboxylic acids is 1. The van der Waals surface area contributed by atoms with Crippen LogP contribution >= 0.6 is 11.3 Å². The Morgan fingerprint density at radius 2 is 2.10 bits per heavy atom. The molecule has 1 aliphatic rings. The summed E-state index contributed by atoms with van der Waals surface area (Å²) in [6, 6.07) is 1.91. The van der Waals surface area contributed by atoms with Crippen LogP contribution in [0.4, 0.5) is 0 Å². The Labute approximate surface area is 127 Å². The summed E-state index contributed by atoms with van der Waals surface area (Å²) in [6.07, 6.45) is 6.76. The van der Waals surface area contributed by atoms with Crippen molar-refractivity contribution >= 4 is 29.3 Å². The van der Waals surface area contributed by atoms with E-state index in [0.717, 1.165) is 36.6 Å². The van der Waals surface area contributed by atoms with E-state index in [1.807, 2.05) is 0 Å². The van der Waals surface area contributed by atoms with Gasteiger partial charge >= 0.3 is 5.97 Å². The van der Waals surface area contributed by atoms with Crippen molar-refractivity contribution in [3.8, 4) is 0 Å². The zero-order valence-corrected chi connectivity index (χ0v) is 12.5. The molecule has 114 valence electrons. The van der Waals surface area contributed by atoms with E-state index >= 15 is 0 Å². The lowest BCUT2D eigenvalue weighted by Gasteiger charge is -2.28. The molecule has 0 unspecified atom stereocenters. The highest BCUT2D eigenvalue weighted by Crippen LogP contribution is 2.26. The number of hydrogen-bond acceptors (Lipinski definition) is 4. The average molecular weight is 309 g/mol. The Morgan fingerprint density at radius 1 is 1.38 bits per heavy atom. The molecule has 1 amide bonds. The third-order valence-electron chi connectivity index (χ3n) is 3.62. The number of amides is 1. The molecule has 21 heavy (non-hydrogen) atoms. The van der Waals surface area contributed by atoms with E-state index in [1.165, 1.54) is 17.4 Å². The fraction of sp³-hybridized carbons (Fsp3) is 0.467. The highest BCUT2D eigenvalue weighted by molar-refractivity contribution is 7.11. The Bertz CT molecular complexity index is 532. The molecule has 0 bridgehead atoms. The summed E-state index contributed by atoms with van der Waals surface area (Å²) in [5.74, 6) is -1.09. The van der Waals surface area contributed by atoms with Crippen molar-refractivity contribution in [1.29, 1.82) is 0 Å². The summed E-state index contributed by atoms with van der Waals surface area (Å²) in [5.41, 5.74) is 0.561. The van der Waals surface area contributed by atoms with Gasteiger partial charge in [0.15, 0.2) is 0 Å². The van der Waals surface area contributed by atoms with Crippen molar-refractivity contribution in [3.63, 3.8) is 0 Å². The van der Waals surface area contributed by atoms with Gasteiger partial charge < -0.3 is 15.1 Å². The van der Waals surface area contributed by atoms with E-state index in [2.05, 4.69) is 0 Å². The smallest absolute Gasteiger partial charge is 0.328 e. The highest BCUT2D eigenvalue weighted by atomic mass is 32.1. The second-order valence-corrected chi connectivity index (χ2v) is 6.01. The quantitative estimate of drug-likeness (QED) is 0.790. The van der Waals surface area contributed by atoms with Crippen LogP contribution in [0.5, 0.6) is 0 Å². The molecule has 0 spiro atoms. The van der Waals surface area contributed by atoms with Gasteiger partial charge in [-0.2, -0.15) is 0 Å². The number of aliphatic hydroxyl groups excluding tert-OH is 1. The number of carbonyl (C=O) groups excluding carboxylic acids is 1. The summed E-state index contributed by atoms with van der Waals surface area (Å²) in [5, 5.41) is 19.5. The van der Waals surface area contributed by atoms with Gasteiger partial charge in [-0.05, 0) is 25.0 Å². The van der Waals surface area contributed by atoms with Crippen molar-refractivity contribution in [2.24, 2.45) is 0 Å². The topological polar surface area (TPSA) is 77.8 Å². The first kappa shape index (κ1) is 15.7. The second kappa shape index (κ2) is 7.38. The van der Waals surface area contributed by atoms with Crippen LogP contribution in [-0.4, -0.2) is 46.2 Å². The van der Waals surface area contributed by atoms with Gasteiger partial charge in [0.05, 0.1) is 12.2 Å². The van der Waals surface area contributed by atoms with Gasteiger partial charge in [-0.1, -0.05) is 12.8 Å². The van der Waals surface area contributed by atoms with Crippen LogP contribution in [-0.2, 0) is 4.79 Å². The molecule has 1 saturated carbocycles. The number of nitrogens with zero attached hydrogens (tertiary/aromatic N) is 1. The lowest BCUT2D eigenvalue weighted by Crippen LogP contribution is -2.40. The number of carboxylic acids is 1. The molecule has 2 N–H and O–H groups in total. The third kappa shape index (κ3) is 4.15. The Kier molecular flexibility index (Phi) is 5.52. The molecule has 6 heteroatoms. The van der Waals surface area contributed by atoms with Gasteiger partial charge in [0.2, 0.25) is 0 Å². The normalized spacial score (nSPS) is 15.7.